The number of fused-ring (bicyclic) bond motifs is 19. The van der Waals surface area contributed by atoms with Gasteiger partial charge in [-0.25, -0.2) is 0 Å². The average molecular weight is 519 g/mol. The molecule has 4 nitrogen and oxygen atoms in total. The summed E-state index contributed by atoms with van der Waals surface area (Å²) in [6.45, 7) is 0. The first-order valence-electron chi connectivity index (χ1n) is 14.5. The van der Waals surface area contributed by atoms with E-state index in [9.17, 15) is 0 Å². The Morgan fingerprint density at radius 3 is 1.65 bits per heavy atom. The van der Waals surface area contributed by atoms with Gasteiger partial charge in [0.1, 0.15) is 0 Å². The molecule has 0 spiro atoms. The van der Waals surface area contributed by atoms with Crippen molar-refractivity contribution < 1.29 is 0 Å². The van der Waals surface area contributed by atoms with Crippen LogP contribution in [0.1, 0.15) is 87.6 Å². The molecule has 0 saturated carbocycles. The van der Waals surface area contributed by atoms with Crippen LogP contribution in [0.2, 0.25) is 0 Å². The van der Waals surface area contributed by atoms with E-state index in [2.05, 4.69) is 125 Å². The van der Waals surface area contributed by atoms with Gasteiger partial charge in [-0.05, 0) is 52.8 Å². The normalized spacial score (nSPS) is 28.1. The van der Waals surface area contributed by atoms with Gasteiger partial charge in [0, 0.05) is 40.2 Å². The summed E-state index contributed by atoms with van der Waals surface area (Å²) in [5.74, 6) is 0. The molecule has 4 heteroatoms. The number of nitrogens with one attached hydrogen (secondary N) is 3. The highest BCUT2D eigenvalue weighted by Crippen LogP contribution is 2.47. The van der Waals surface area contributed by atoms with E-state index < -0.39 is 0 Å². The zero-order valence-electron chi connectivity index (χ0n) is 22.1. The Kier molecular flexibility index (Phi) is 4.79. The van der Waals surface area contributed by atoms with Gasteiger partial charge in [-0.15, -0.1) is 0 Å². The molecule has 0 aliphatic carbocycles. The van der Waals surface area contributed by atoms with Gasteiger partial charge in [-0.1, -0.05) is 97.1 Å². The molecule has 0 amide bonds. The van der Waals surface area contributed by atoms with Crippen LogP contribution in [0.5, 0.6) is 0 Å². The number of nitrogens with zero attached hydrogens (tertiary/aromatic N) is 1. The number of rotatable bonds is 0. The number of hydrogen-bond donors (Lipinski definition) is 3. The lowest BCUT2D eigenvalue weighted by Crippen LogP contribution is -2.25. The van der Waals surface area contributed by atoms with E-state index in [1.54, 1.807) is 0 Å². The zero-order chi connectivity index (χ0) is 26.2. The summed E-state index contributed by atoms with van der Waals surface area (Å²) < 4.78 is 0. The minimum atomic E-state index is -0.0209. The fourth-order valence-corrected chi connectivity index (χ4v) is 7.65. The van der Waals surface area contributed by atoms with Crippen LogP contribution >= 0.6 is 0 Å². The third kappa shape index (κ3) is 3.32. The fourth-order valence-electron chi connectivity index (χ4n) is 7.65. The van der Waals surface area contributed by atoms with E-state index in [0.717, 1.165) is 18.6 Å². The summed E-state index contributed by atoms with van der Waals surface area (Å²) in [6, 6.07) is 36.5. The van der Waals surface area contributed by atoms with Crippen LogP contribution in [-0.4, -0.2) is 5.71 Å². The highest BCUT2D eigenvalue weighted by Gasteiger charge is 2.38. The summed E-state index contributed by atoms with van der Waals surface area (Å²) in [7, 11) is 0. The Hall–Kier alpha value is -4.41. The summed E-state index contributed by atoms with van der Waals surface area (Å²) in [4.78, 5) is 5.31. The van der Waals surface area contributed by atoms with E-state index in [-0.39, 0.29) is 18.1 Å². The maximum absolute atomic E-state index is 5.31. The molecule has 40 heavy (non-hydrogen) atoms. The van der Waals surface area contributed by atoms with Crippen LogP contribution in [0.3, 0.4) is 0 Å². The van der Waals surface area contributed by atoms with Crippen molar-refractivity contribution in [2.45, 2.75) is 43.1 Å². The van der Waals surface area contributed by atoms with Gasteiger partial charge in [-0.3, -0.25) is 4.99 Å². The molecule has 0 radical (unpaired) electrons. The second-order valence-electron chi connectivity index (χ2n) is 11.6. The second-order valence-corrected chi connectivity index (χ2v) is 11.6. The molecule has 5 unspecified atom stereocenters. The highest BCUT2D eigenvalue weighted by atomic mass is 15.0. The van der Waals surface area contributed by atoms with E-state index in [4.69, 9.17) is 4.99 Å². The summed E-state index contributed by atoms with van der Waals surface area (Å²) in [5.41, 5.74) is 14.1. The first kappa shape index (κ1) is 22.4. The molecular weight excluding hydrogens is 488 g/mol. The van der Waals surface area contributed by atoms with Gasteiger partial charge in [0.25, 0.3) is 0 Å². The summed E-state index contributed by atoms with van der Waals surface area (Å²) in [5, 5.41) is 11.9. The quantitative estimate of drug-likeness (QED) is 0.233. The monoisotopic (exact) mass is 518 g/mol. The van der Waals surface area contributed by atoms with Gasteiger partial charge < -0.3 is 16.0 Å². The van der Waals surface area contributed by atoms with Gasteiger partial charge in [0.05, 0.1) is 23.8 Å². The van der Waals surface area contributed by atoms with Crippen LogP contribution in [0.25, 0.3) is 11.4 Å². The number of benzene rings is 4. The van der Waals surface area contributed by atoms with Crippen molar-refractivity contribution >= 4 is 17.1 Å². The molecule has 5 heterocycles. The van der Waals surface area contributed by atoms with Gasteiger partial charge in [-0.2, -0.15) is 0 Å². The molecule has 4 aromatic carbocycles. The van der Waals surface area contributed by atoms with Crippen LogP contribution in [-0.2, 0) is 0 Å². The maximum Gasteiger partial charge on any atom is 0.0967 e. The number of aliphatic imine (C=N–C) groups is 1. The van der Waals surface area contributed by atoms with Crippen molar-refractivity contribution in [1.82, 2.24) is 16.0 Å². The Morgan fingerprint density at radius 2 is 1.00 bits per heavy atom. The molecule has 0 aromatic heterocycles. The minimum absolute atomic E-state index is 0.0209. The van der Waals surface area contributed by atoms with Crippen molar-refractivity contribution in [2.24, 2.45) is 4.99 Å². The predicted octanol–water partition coefficient (Wildman–Crippen LogP) is 7.08. The molecule has 5 aliphatic rings. The Labute approximate surface area is 234 Å². The van der Waals surface area contributed by atoms with Gasteiger partial charge >= 0.3 is 0 Å². The van der Waals surface area contributed by atoms with Crippen LogP contribution in [0.4, 0.5) is 0 Å². The number of allylic oxidation sites excluding steroid dienone is 1. The first-order valence-corrected chi connectivity index (χ1v) is 14.5. The van der Waals surface area contributed by atoms with E-state index in [1.165, 1.54) is 55.9 Å². The fraction of sp³-hybridized carbons (Fsp3) is 0.194. The summed E-state index contributed by atoms with van der Waals surface area (Å²) in [6.07, 6.45) is 6.61. The van der Waals surface area contributed by atoms with E-state index in [1.807, 2.05) is 0 Å². The Balaban J connectivity index is 1.24. The molecule has 194 valence electrons. The number of hydrogen-bond acceptors (Lipinski definition) is 4. The SMILES string of the molecule is C1=C2NC(CC3NC(CC4N/C(=C\C5N=C1c1ccccc15)c1ccccc14)c1ccccc13)c1ccccc12. The van der Waals surface area contributed by atoms with Crippen molar-refractivity contribution in [1.29, 1.82) is 0 Å². The van der Waals surface area contributed by atoms with Crippen molar-refractivity contribution in [3.8, 4) is 0 Å². The first-order chi connectivity index (χ1) is 19.8. The highest BCUT2D eigenvalue weighted by molar-refractivity contribution is 6.15. The van der Waals surface area contributed by atoms with E-state index >= 15 is 0 Å². The standard InChI is InChI=1S/C36H30N4/c1-2-10-22-21(9-1)29-17-31-23-11-3-4-12-24(23)33(38-31)19-35-27-15-7-8-16-28(27)36(40-35)20-34-26-14-6-5-13-25(26)32(39-34)18-30(22)37-29/h1-18,29,33-36,38-40H,19-20H2/b31-17-,32-18?. The smallest absolute Gasteiger partial charge is 0.0967 e. The molecule has 5 aliphatic heterocycles. The summed E-state index contributed by atoms with van der Waals surface area (Å²) >= 11 is 0. The lowest BCUT2D eigenvalue weighted by Gasteiger charge is -2.22. The minimum Gasteiger partial charge on any atom is -0.378 e. The molecule has 9 rings (SSSR count). The second kappa shape index (κ2) is 8.54. The Bertz CT molecular complexity index is 1780. The zero-order valence-corrected chi connectivity index (χ0v) is 22.1. The third-order valence-electron chi connectivity index (χ3n) is 9.44. The topological polar surface area (TPSA) is 48.4 Å². The largest absolute Gasteiger partial charge is 0.378 e. The van der Waals surface area contributed by atoms with Crippen molar-refractivity contribution in [3.63, 3.8) is 0 Å². The van der Waals surface area contributed by atoms with Gasteiger partial charge in [0.2, 0.25) is 0 Å². The van der Waals surface area contributed by atoms with Crippen molar-refractivity contribution in [2.75, 3.05) is 0 Å². The van der Waals surface area contributed by atoms with E-state index in [0.29, 0.717) is 12.1 Å². The predicted molar refractivity (Wildman–Crippen MR) is 161 cm³/mol. The molecule has 4 aromatic rings. The lowest BCUT2D eigenvalue weighted by atomic mass is 9.92. The molecule has 0 saturated heterocycles. The molecule has 0 fully saturated rings. The average Bonchev–Trinajstić information content (AvgIpc) is 3.73. The van der Waals surface area contributed by atoms with Crippen LogP contribution in [0, 0.1) is 0 Å². The molecule has 3 N–H and O–H groups in total. The van der Waals surface area contributed by atoms with Crippen LogP contribution in [0.15, 0.2) is 114 Å². The lowest BCUT2D eigenvalue weighted by molar-refractivity contribution is 0.394. The third-order valence-corrected chi connectivity index (χ3v) is 9.44. The van der Waals surface area contributed by atoms with Gasteiger partial charge in [0.15, 0.2) is 0 Å². The van der Waals surface area contributed by atoms with Crippen molar-refractivity contribution in [3.05, 3.63) is 154 Å². The Morgan fingerprint density at radius 1 is 0.500 bits per heavy atom. The molecule has 5 atom stereocenters. The van der Waals surface area contributed by atoms with Crippen LogP contribution < -0.4 is 16.0 Å². The molecular formula is C36H30N4. The molecule has 8 bridgehead atoms. The maximum atomic E-state index is 5.31.